The lowest BCUT2D eigenvalue weighted by atomic mass is 10.1. The van der Waals surface area contributed by atoms with Crippen molar-refractivity contribution in [2.75, 3.05) is 18.4 Å². The Balaban J connectivity index is 1.83. The predicted octanol–water partition coefficient (Wildman–Crippen LogP) is 2.69. The van der Waals surface area contributed by atoms with Crippen molar-refractivity contribution < 1.29 is 4.39 Å². The highest BCUT2D eigenvalue weighted by molar-refractivity contribution is 5.69. The van der Waals surface area contributed by atoms with Crippen LogP contribution >= 0.6 is 0 Å². The molecule has 0 spiro atoms. The second-order valence-electron chi connectivity index (χ2n) is 5.22. The Hall–Kier alpha value is -1.88. The summed E-state index contributed by atoms with van der Waals surface area (Å²) < 4.78 is 13.8. The zero-order valence-corrected chi connectivity index (χ0v) is 11.5. The van der Waals surface area contributed by atoms with Gasteiger partial charge in [0.1, 0.15) is 5.82 Å². The van der Waals surface area contributed by atoms with Gasteiger partial charge in [-0.15, -0.1) is 0 Å². The van der Waals surface area contributed by atoms with E-state index in [1.165, 1.54) is 6.07 Å². The topological polar surface area (TPSA) is 52.7 Å². The van der Waals surface area contributed by atoms with Gasteiger partial charge in [-0.1, -0.05) is 12.1 Å². The Bertz CT molecular complexity index is 587. The van der Waals surface area contributed by atoms with Crippen LogP contribution in [0.25, 0.3) is 11.3 Å². The first-order chi connectivity index (χ1) is 9.75. The minimum Gasteiger partial charge on any atom is -0.366 e. The summed E-state index contributed by atoms with van der Waals surface area (Å²) in [5.74, 6) is 0.600. The molecule has 1 fully saturated rings. The summed E-state index contributed by atoms with van der Waals surface area (Å²) in [7, 11) is 0. The molecule has 20 heavy (non-hydrogen) atoms. The van der Waals surface area contributed by atoms with Crippen molar-refractivity contribution in [3.8, 4) is 11.3 Å². The lowest BCUT2D eigenvalue weighted by Gasteiger charge is -2.23. The second-order valence-corrected chi connectivity index (χ2v) is 5.22. The van der Waals surface area contributed by atoms with Gasteiger partial charge in [-0.25, -0.2) is 4.39 Å². The van der Waals surface area contributed by atoms with Crippen LogP contribution < -0.4 is 10.6 Å². The largest absolute Gasteiger partial charge is 0.366 e. The normalized spacial score (nSPS) is 16.3. The summed E-state index contributed by atoms with van der Waals surface area (Å²) in [6.45, 7) is 4.03. The van der Waals surface area contributed by atoms with Crippen LogP contribution in [0.3, 0.4) is 0 Å². The van der Waals surface area contributed by atoms with Gasteiger partial charge in [0.2, 0.25) is 0 Å². The van der Waals surface area contributed by atoms with E-state index in [4.69, 9.17) is 0 Å². The Morgan fingerprint density at radius 1 is 1.25 bits per heavy atom. The standard InChI is InChI=1S/C15H19FN4/c1-10-14(12-4-2-3-5-13(12)16)19-20-15(10)18-11-6-8-17-9-7-11/h2-5,11,17H,6-9H2,1H3,(H2,18,19,20). The van der Waals surface area contributed by atoms with E-state index in [9.17, 15) is 4.39 Å². The highest BCUT2D eigenvalue weighted by atomic mass is 19.1. The van der Waals surface area contributed by atoms with Crippen molar-refractivity contribution in [2.45, 2.75) is 25.8 Å². The summed E-state index contributed by atoms with van der Waals surface area (Å²) in [4.78, 5) is 0. The number of nitrogens with zero attached hydrogens (tertiary/aromatic N) is 1. The number of H-pyrrole nitrogens is 1. The zero-order chi connectivity index (χ0) is 13.9. The highest BCUT2D eigenvalue weighted by Crippen LogP contribution is 2.28. The molecule has 3 N–H and O–H groups in total. The fraction of sp³-hybridized carbons (Fsp3) is 0.400. The van der Waals surface area contributed by atoms with Gasteiger partial charge in [-0.3, -0.25) is 5.10 Å². The lowest BCUT2D eigenvalue weighted by molar-refractivity contribution is 0.478. The maximum absolute atomic E-state index is 13.8. The van der Waals surface area contributed by atoms with Crippen molar-refractivity contribution >= 4 is 5.82 Å². The molecular formula is C15H19FN4. The molecular weight excluding hydrogens is 255 g/mol. The van der Waals surface area contributed by atoms with Gasteiger partial charge < -0.3 is 10.6 Å². The van der Waals surface area contributed by atoms with Crippen LogP contribution in [-0.4, -0.2) is 29.3 Å². The Morgan fingerprint density at radius 2 is 2.00 bits per heavy atom. The molecule has 1 saturated heterocycles. The average molecular weight is 274 g/mol. The summed E-state index contributed by atoms with van der Waals surface area (Å²) in [5, 5.41) is 14.0. The molecule has 5 heteroatoms. The maximum Gasteiger partial charge on any atom is 0.151 e. The molecule has 2 aromatic rings. The minimum atomic E-state index is -0.229. The van der Waals surface area contributed by atoms with Crippen molar-refractivity contribution in [3.63, 3.8) is 0 Å². The minimum absolute atomic E-state index is 0.229. The smallest absolute Gasteiger partial charge is 0.151 e. The first kappa shape index (κ1) is 13.1. The van der Waals surface area contributed by atoms with Gasteiger partial charge in [0.25, 0.3) is 0 Å². The van der Waals surface area contributed by atoms with Gasteiger partial charge in [0.15, 0.2) is 5.82 Å². The van der Waals surface area contributed by atoms with Crippen LogP contribution in [0.2, 0.25) is 0 Å². The van der Waals surface area contributed by atoms with Gasteiger partial charge in [-0.2, -0.15) is 5.10 Å². The van der Waals surface area contributed by atoms with Crippen molar-refractivity contribution in [1.82, 2.24) is 15.5 Å². The molecule has 0 amide bonds. The van der Waals surface area contributed by atoms with Gasteiger partial charge in [0, 0.05) is 17.2 Å². The number of aromatic nitrogens is 2. The molecule has 2 heterocycles. The quantitative estimate of drug-likeness (QED) is 0.806. The van der Waals surface area contributed by atoms with E-state index in [1.807, 2.05) is 13.0 Å². The molecule has 0 bridgehead atoms. The number of hydrogen-bond acceptors (Lipinski definition) is 3. The number of benzene rings is 1. The number of rotatable bonds is 3. The summed E-state index contributed by atoms with van der Waals surface area (Å²) in [5.41, 5.74) is 2.28. The number of halogens is 1. The molecule has 1 aromatic carbocycles. The first-order valence-corrected chi connectivity index (χ1v) is 7.03. The highest BCUT2D eigenvalue weighted by Gasteiger charge is 2.18. The van der Waals surface area contributed by atoms with E-state index >= 15 is 0 Å². The van der Waals surface area contributed by atoms with E-state index in [0.29, 0.717) is 11.6 Å². The molecule has 3 rings (SSSR count). The zero-order valence-electron chi connectivity index (χ0n) is 11.5. The molecule has 0 saturated carbocycles. The number of hydrogen-bond donors (Lipinski definition) is 3. The number of anilines is 1. The second kappa shape index (κ2) is 5.63. The third kappa shape index (κ3) is 2.54. The third-order valence-corrected chi connectivity index (χ3v) is 3.83. The molecule has 0 atom stereocenters. The molecule has 4 nitrogen and oxygen atoms in total. The average Bonchev–Trinajstić information content (AvgIpc) is 2.82. The summed E-state index contributed by atoms with van der Waals surface area (Å²) in [6.07, 6.45) is 2.17. The Kier molecular flexibility index (Phi) is 3.69. The van der Waals surface area contributed by atoms with E-state index in [1.54, 1.807) is 12.1 Å². The monoisotopic (exact) mass is 274 g/mol. The molecule has 1 aliphatic rings. The van der Waals surface area contributed by atoms with Crippen molar-refractivity contribution in [2.24, 2.45) is 0 Å². The van der Waals surface area contributed by atoms with Crippen LogP contribution in [0.4, 0.5) is 10.2 Å². The fourth-order valence-corrected chi connectivity index (χ4v) is 2.62. The van der Waals surface area contributed by atoms with Gasteiger partial charge in [0.05, 0.1) is 5.69 Å². The third-order valence-electron chi connectivity index (χ3n) is 3.83. The van der Waals surface area contributed by atoms with E-state index in [0.717, 1.165) is 43.0 Å². The number of aromatic amines is 1. The van der Waals surface area contributed by atoms with E-state index in [2.05, 4.69) is 20.8 Å². The lowest BCUT2D eigenvalue weighted by Crippen LogP contribution is -2.35. The van der Waals surface area contributed by atoms with Crippen LogP contribution in [0.15, 0.2) is 24.3 Å². The SMILES string of the molecule is Cc1c(NC2CCNCC2)n[nH]c1-c1ccccc1F. The molecule has 1 aliphatic heterocycles. The molecule has 0 aliphatic carbocycles. The maximum atomic E-state index is 13.8. The Morgan fingerprint density at radius 3 is 2.75 bits per heavy atom. The van der Waals surface area contributed by atoms with Gasteiger partial charge in [-0.05, 0) is 45.0 Å². The summed E-state index contributed by atoms with van der Waals surface area (Å²) in [6, 6.07) is 7.20. The van der Waals surface area contributed by atoms with Crippen LogP contribution in [0, 0.1) is 12.7 Å². The van der Waals surface area contributed by atoms with Crippen molar-refractivity contribution in [3.05, 3.63) is 35.6 Å². The van der Waals surface area contributed by atoms with Crippen LogP contribution in [-0.2, 0) is 0 Å². The summed E-state index contributed by atoms with van der Waals surface area (Å²) >= 11 is 0. The molecule has 106 valence electrons. The van der Waals surface area contributed by atoms with E-state index in [-0.39, 0.29) is 5.82 Å². The molecule has 0 unspecified atom stereocenters. The molecule has 0 radical (unpaired) electrons. The fourth-order valence-electron chi connectivity index (χ4n) is 2.62. The van der Waals surface area contributed by atoms with Gasteiger partial charge >= 0.3 is 0 Å². The van der Waals surface area contributed by atoms with Crippen molar-refractivity contribution in [1.29, 1.82) is 0 Å². The predicted molar refractivity (Wildman–Crippen MR) is 78.2 cm³/mol. The van der Waals surface area contributed by atoms with Crippen LogP contribution in [0.1, 0.15) is 18.4 Å². The van der Waals surface area contributed by atoms with E-state index < -0.39 is 0 Å². The van der Waals surface area contributed by atoms with Crippen LogP contribution in [0.5, 0.6) is 0 Å². The number of piperidine rings is 1. The first-order valence-electron chi connectivity index (χ1n) is 7.03. The number of nitrogens with one attached hydrogen (secondary N) is 3. The molecule has 1 aromatic heterocycles. The Labute approximate surface area is 117 Å².